The van der Waals surface area contributed by atoms with Crippen LogP contribution in [0.4, 0.5) is 5.69 Å². The lowest BCUT2D eigenvalue weighted by molar-refractivity contribution is -0.125. The van der Waals surface area contributed by atoms with Crippen molar-refractivity contribution in [2.45, 2.75) is 66.1 Å². The molecule has 0 aliphatic carbocycles. The van der Waals surface area contributed by atoms with E-state index in [0.29, 0.717) is 0 Å². The number of fused-ring (bicyclic) bond motifs is 1. The van der Waals surface area contributed by atoms with Crippen LogP contribution in [0.2, 0.25) is 0 Å². The summed E-state index contributed by atoms with van der Waals surface area (Å²) in [6, 6.07) is 6.15. The number of carbonyl (C=O) groups is 1. The van der Waals surface area contributed by atoms with Crippen molar-refractivity contribution >= 4 is 24.2 Å². The Hall–Kier alpha value is -1.33. The predicted octanol–water partition coefficient (Wildman–Crippen LogP) is 2.92. The summed E-state index contributed by atoms with van der Waals surface area (Å²) in [7, 11) is -0.446. The Morgan fingerprint density at radius 2 is 1.71 bits per heavy atom. The van der Waals surface area contributed by atoms with E-state index >= 15 is 0 Å². The average Bonchev–Trinajstić information content (AvgIpc) is 2.95. The summed E-state index contributed by atoms with van der Waals surface area (Å²) < 4.78 is 12.5. The first kappa shape index (κ1) is 17.5. The summed E-state index contributed by atoms with van der Waals surface area (Å²) in [5.41, 5.74) is 1.94. The molecule has 0 spiro atoms. The third-order valence-corrected chi connectivity index (χ3v) is 5.42. The number of para-hydroxylation sites is 1. The maximum absolute atomic E-state index is 12.9. The first-order chi connectivity index (χ1) is 10.9. The van der Waals surface area contributed by atoms with E-state index in [1.807, 2.05) is 65.5 Å². The zero-order valence-electron chi connectivity index (χ0n) is 15.9. The Balaban J connectivity index is 2.02. The Morgan fingerprint density at radius 3 is 2.25 bits per heavy atom. The fraction of sp³-hybridized carbons (Fsp3) is 0.632. The van der Waals surface area contributed by atoms with E-state index in [1.54, 1.807) is 0 Å². The highest BCUT2D eigenvalue weighted by atomic mass is 16.7. The van der Waals surface area contributed by atoms with Gasteiger partial charge in [-0.25, -0.2) is 0 Å². The van der Waals surface area contributed by atoms with Gasteiger partial charge in [-0.1, -0.05) is 39.0 Å². The summed E-state index contributed by atoms with van der Waals surface area (Å²) in [6.07, 6.45) is 0.879. The molecule has 0 unspecified atom stereocenters. The normalized spacial score (nSPS) is 22.0. The van der Waals surface area contributed by atoms with Crippen molar-refractivity contribution in [1.29, 1.82) is 0 Å². The Bertz CT molecular complexity index is 660. The monoisotopic (exact) mass is 329 g/mol. The second-order valence-corrected chi connectivity index (χ2v) is 8.90. The molecule has 0 aromatic heterocycles. The molecule has 4 nitrogen and oxygen atoms in total. The first-order valence-corrected chi connectivity index (χ1v) is 8.73. The van der Waals surface area contributed by atoms with Crippen LogP contribution in [0.5, 0.6) is 0 Å². The lowest BCUT2D eigenvalue weighted by Gasteiger charge is -2.32. The Morgan fingerprint density at radius 1 is 1.12 bits per heavy atom. The van der Waals surface area contributed by atoms with Gasteiger partial charge in [0.2, 0.25) is 5.91 Å². The zero-order valence-corrected chi connectivity index (χ0v) is 15.9. The molecule has 3 rings (SSSR count). The number of benzene rings is 1. The summed E-state index contributed by atoms with van der Waals surface area (Å²) in [5, 5.41) is 0. The largest absolute Gasteiger partial charge is 0.496 e. The number of anilines is 1. The molecule has 0 saturated carbocycles. The van der Waals surface area contributed by atoms with Crippen LogP contribution in [0.15, 0.2) is 18.2 Å². The molecule has 2 aliphatic rings. The van der Waals surface area contributed by atoms with Gasteiger partial charge < -0.3 is 14.2 Å². The topological polar surface area (TPSA) is 38.8 Å². The van der Waals surface area contributed by atoms with Crippen molar-refractivity contribution in [3.05, 3.63) is 23.8 Å². The van der Waals surface area contributed by atoms with Gasteiger partial charge in [0.25, 0.3) is 0 Å². The number of hydrogen-bond donors (Lipinski definition) is 0. The van der Waals surface area contributed by atoms with Gasteiger partial charge in [0.15, 0.2) is 0 Å². The quantitative estimate of drug-likeness (QED) is 0.744. The smallest absolute Gasteiger partial charge is 0.399 e. The highest BCUT2D eigenvalue weighted by molar-refractivity contribution is 6.64. The van der Waals surface area contributed by atoms with Crippen molar-refractivity contribution in [2.75, 3.05) is 11.4 Å². The fourth-order valence-corrected chi connectivity index (χ4v) is 3.25. The molecule has 0 bridgehead atoms. The fourth-order valence-electron chi connectivity index (χ4n) is 3.25. The number of hydrogen-bond acceptors (Lipinski definition) is 3. The summed E-state index contributed by atoms with van der Waals surface area (Å²) in [5.74, 6) is 0.144. The summed E-state index contributed by atoms with van der Waals surface area (Å²) in [6.45, 7) is 14.8. The van der Waals surface area contributed by atoms with Crippen LogP contribution in [0, 0.1) is 5.41 Å². The Kier molecular flexibility index (Phi) is 3.89. The maximum Gasteiger partial charge on any atom is 0.496 e. The van der Waals surface area contributed by atoms with E-state index in [-0.39, 0.29) is 5.91 Å². The molecule has 5 heteroatoms. The number of nitrogens with zero attached hydrogens (tertiary/aromatic N) is 1. The summed E-state index contributed by atoms with van der Waals surface area (Å²) >= 11 is 0. The van der Waals surface area contributed by atoms with Crippen LogP contribution in [-0.2, 0) is 20.5 Å². The molecule has 0 N–H and O–H groups in total. The summed E-state index contributed by atoms with van der Waals surface area (Å²) in [4.78, 5) is 14.8. The van der Waals surface area contributed by atoms with E-state index in [4.69, 9.17) is 9.31 Å². The van der Waals surface area contributed by atoms with Crippen molar-refractivity contribution in [1.82, 2.24) is 0 Å². The van der Waals surface area contributed by atoms with Crippen molar-refractivity contribution < 1.29 is 14.1 Å². The van der Waals surface area contributed by atoms with E-state index < -0.39 is 23.7 Å². The molecular formula is C19H28BNO3. The first-order valence-electron chi connectivity index (χ1n) is 8.73. The molecule has 1 fully saturated rings. The molecule has 0 atom stereocenters. The molecule has 1 amide bonds. The van der Waals surface area contributed by atoms with Crippen LogP contribution < -0.4 is 10.4 Å². The van der Waals surface area contributed by atoms with Gasteiger partial charge in [0.05, 0.1) is 11.2 Å². The van der Waals surface area contributed by atoms with E-state index in [9.17, 15) is 4.79 Å². The zero-order chi connectivity index (χ0) is 17.9. The highest BCUT2D eigenvalue weighted by Gasteiger charge is 2.53. The second-order valence-electron chi connectivity index (χ2n) is 8.90. The number of carbonyl (C=O) groups excluding carboxylic acids is 1. The maximum atomic E-state index is 12.9. The van der Waals surface area contributed by atoms with Crippen molar-refractivity contribution in [3.63, 3.8) is 0 Å². The third kappa shape index (κ3) is 2.68. The number of rotatable bonds is 1. The van der Waals surface area contributed by atoms with Crippen molar-refractivity contribution in [3.8, 4) is 0 Å². The van der Waals surface area contributed by atoms with Gasteiger partial charge in [-0.3, -0.25) is 4.79 Å². The standard InChI is InChI=1S/C19H28BNO3/c1-17(2,3)16(22)21-12-11-13-9-8-10-14(15(13)21)20-23-18(4,5)19(6,7)24-20/h8-10H,11-12H2,1-7H3. The van der Waals surface area contributed by atoms with Crippen LogP contribution in [-0.4, -0.2) is 30.8 Å². The van der Waals surface area contributed by atoms with Crippen LogP contribution in [0.1, 0.15) is 54.0 Å². The lowest BCUT2D eigenvalue weighted by atomic mass is 9.76. The molecule has 1 aromatic carbocycles. The second kappa shape index (κ2) is 5.33. The van der Waals surface area contributed by atoms with E-state index in [1.165, 1.54) is 5.56 Å². The number of amides is 1. The molecule has 2 aliphatic heterocycles. The molecule has 24 heavy (non-hydrogen) atoms. The lowest BCUT2D eigenvalue weighted by Crippen LogP contribution is -2.44. The van der Waals surface area contributed by atoms with E-state index in [0.717, 1.165) is 24.1 Å². The minimum absolute atomic E-state index is 0.144. The van der Waals surface area contributed by atoms with E-state index in [2.05, 4.69) is 6.07 Å². The molecular weight excluding hydrogens is 301 g/mol. The van der Waals surface area contributed by atoms with Gasteiger partial charge in [-0.05, 0) is 39.7 Å². The minimum Gasteiger partial charge on any atom is -0.399 e. The highest BCUT2D eigenvalue weighted by Crippen LogP contribution is 2.39. The minimum atomic E-state index is -0.446. The molecule has 1 saturated heterocycles. The van der Waals surface area contributed by atoms with Crippen molar-refractivity contribution in [2.24, 2.45) is 5.41 Å². The van der Waals surface area contributed by atoms with Gasteiger partial charge in [0.1, 0.15) is 0 Å². The molecule has 1 aromatic rings. The third-order valence-electron chi connectivity index (χ3n) is 5.42. The SMILES string of the molecule is CC(C)(C)C(=O)N1CCc2cccc(B3OC(C)(C)C(C)(C)O3)c21. The predicted molar refractivity (Wildman–Crippen MR) is 97.7 cm³/mol. The van der Waals surface area contributed by atoms with Gasteiger partial charge in [0, 0.05) is 23.1 Å². The molecule has 0 radical (unpaired) electrons. The van der Waals surface area contributed by atoms with Gasteiger partial charge in [-0.15, -0.1) is 0 Å². The van der Waals surface area contributed by atoms with Crippen LogP contribution in [0.25, 0.3) is 0 Å². The van der Waals surface area contributed by atoms with Crippen LogP contribution in [0.3, 0.4) is 0 Å². The average molecular weight is 329 g/mol. The van der Waals surface area contributed by atoms with Gasteiger partial charge in [-0.2, -0.15) is 0 Å². The molecule has 2 heterocycles. The Labute approximate surface area is 145 Å². The molecule has 130 valence electrons. The van der Waals surface area contributed by atoms with Gasteiger partial charge >= 0.3 is 7.12 Å². The van der Waals surface area contributed by atoms with Crippen LogP contribution >= 0.6 is 0 Å².